The Morgan fingerprint density at radius 2 is 2.36 bits per heavy atom. The summed E-state index contributed by atoms with van der Waals surface area (Å²) < 4.78 is 0.569. The van der Waals surface area contributed by atoms with Crippen LogP contribution in [-0.2, 0) is 6.54 Å². The maximum atomic E-state index is 10.4. The summed E-state index contributed by atoms with van der Waals surface area (Å²) >= 11 is 3.16. The van der Waals surface area contributed by atoms with E-state index >= 15 is 0 Å². The zero-order valence-electron chi connectivity index (χ0n) is 6.92. The lowest BCUT2D eigenvalue weighted by Crippen LogP contribution is -1.90. The molecule has 6 nitrogen and oxygen atoms in total. The Kier molecular flexibility index (Phi) is 3.44. The standard InChI is InChI=1S/C7H5BrN4O2/c8-7-3-6(12(13)14)2-1-5(7)4-10-11-9/h1-3H,4H2. The highest BCUT2D eigenvalue weighted by Gasteiger charge is 2.07. The van der Waals surface area contributed by atoms with E-state index in [9.17, 15) is 10.1 Å². The third kappa shape index (κ3) is 2.45. The summed E-state index contributed by atoms with van der Waals surface area (Å²) in [6.07, 6.45) is 0. The summed E-state index contributed by atoms with van der Waals surface area (Å²) in [6.45, 7) is 0.176. The summed E-state index contributed by atoms with van der Waals surface area (Å²) in [7, 11) is 0. The quantitative estimate of drug-likeness (QED) is 0.273. The molecule has 0 unspecified atom stereocenters. The van der Waals surface area contributed by atoms with Crippen molar-refractivity contribution in [2.75, 3.05) is 0 Å². The van der Waals surface area contributed by atoms with Gasteiger partial charge in [-0.3, -0.25) is 10.1 Å². The van der Waals surface area contributed by atoms with E-state index in [4.69, 9.17) is 5.53 Å². The van der Waals surface area contributed by atoms with Crippen LogP contribution in [-0.4, -0.2) is 4.92 Å². The van der Waals surface area contributed by atoms with Gasteiger partial charge in [-0.25, -0.2) is 0 Å². The summed E-state index contributed by atoms with van der Waals surface area (Å²) in [5.74, 6) is 0. The molecular formula is C7H5BrN4O2. The predicted octanol–water partition coefficient (Wildman–Crippen LogP) is 3.17. The second-order valence-corrected chi connectivity index (χ2v) is 3.28. The SMILES string of the molecule is [N-]=[N+]=NCc1ccc([N+](=O)[O-])cc1Br. The van der Waals surface area contributed by atoms with Crippen molar-refractivity contribution in [3.8, 4) is 0 Å². The van der Waals surface area contributed by atoms with Gasteiger partial charge in [0, 0.05) is 21.5 Å². The first kappa shape index (κ1) is 10.5. The second kappa shape index (κ2) is 4.59. The van der Waals surface area contributed by atoms with Gasteiger partial charge in [-0.2, -0.15) is 0 Å². The van der Waals surface area contributed by atoms with Crippen molar-refractivity contribution in [1.29, 1.82) is 0 Å². The molecule has 0 N–H and O–H groups in total. The van der Waals surface area contributed by atoms with Crippen LogP contribution >= 0.6 is 15.9 Å². The summed E-state index contributed by atoms with van der Waals surface area (Å²) in [4.78, 5) is 12.5. The van der Waals surface area contributed by atoms with Gasteiger partial charge in [-0.1, -0.05) is 27.1 Å². The Hall–Kier alpha value is -1.59. The first-order valence-corrected chi connectivity index (χ1v) is 4.38. The Morgan fingerprint density at radius 3 is 2.86 bits per heavy atom. The molecule has 0 saturated carbocycles. The summed E-state index contributed by atoms with van der Waals surface area (Å²) in [6, 6.07) is 4.30. The van der Waals surface area contributed by atoms with Crippen LogP contribution in [0.5, 0.6) is 0 Å². The fourth-order valence-electron chi connectivity index (χ4n) is 0.886. The fraction of sp³-hybridized carbons (Fsp3) is 0.143. The highest BCUT2D eigenvalue weighted by Crippen LogP contribution is 2.23. The lowest BCUT2D eigenvalue weighted by Gasteiger charge is -1.99. The molecule has 7 heteroatoms. The average molecular weight is 257 g/mol. The second-order valence-electron chi connectivity index (χ2n) is 2.42. The maximum absolute atomic E-state index is 10.4. The molecule has 0 aliphatic carbocycles. The van der Waals surface area contributed by atoms with Gasteiger partial charge >= 0.3 is 0 Å². The van der Waals surface area contributed by atoms with Gasteiger partial charge in [0.25, 0.3) is 5.69 Å². The molecule has 0 spiro atoms. The van der Waals surface area contributed by atoms with Crippen LogP contribution in [0.15, 0.2) is 27.8 Å². The van der Waals surface area contributed by atoms with Gasteiger partial charge in [-0.15, -0.1) is 0 Å². The number of benzene rings is 1. The maximum Gasteiger partial charge on any atom is 0.270 e. The third-order valence-corrected chi connectivity index (χ3v) is 2.29. The molecule has 0 heterocycles. The zero-order chi connectivity index (χ0) is 10.6. The molecule has 0 saturated heterocycles. The van der Waals surface area contributed by atoms with Crippen LogP contribution in [0.2, 0.25) is 0 Å². The van der Waals surface area contributed by atoms with Crippen LogP contribution in [0, 0.1) is 10.1 Å². The number of halogens is 1. The Labute approximate surface area is 87.5 Å². The van der Waals surface area contributed by atoms with Crippen LogP contribution in [0.3, 0.4) is 0 Å². The Morgan fingerprint density at radius 1 is 1.64 bits per heavy atom. The van der Waals surface area contributed by atoms with E-state index in [1.54, 1.807) is 6.07 Å². The van der Waals surface area contributed by atoms with E-state index < -0.39 is 4.92 Å². The van der Waals surface area contributed by atoms with Crippen LogP contribution < -0.4 is 0 Å². The van der Waals surface area contributed by atoms with Crippen molar-refractivity contribution in [3.63, 3.8) is 0 Å². The van der Waals surface area contributed by atoms with Gasteiger partial charge in [0.1, 0.15) is 0 Å². The van der Waals surface area contributed by atoms with E-state index in [1.807, 2.05) is 0 Å². The molecule has 0 aliphatic rings. The predicted molar refractivity (Wildman–Crippen MR) is 53.6 cm³/mol. The summed E-state index contributed by atoms with van der Waals surface area (Å²) in [5.41, 5.74) is 8.81. The molecule has 0 bridgehead atoms. The molecule has 0 atom stereocenters. The molecule has 0 aliphatic heterocycles. The minimum Gasteiger partial charge on any atom is -0.258 e. The molecule has 0 amide bonds. The Bertz CT molecular complexity index is 414. The number of nitro groups is 1. The van der Waals surface area contributed by atoms with Crippen molar-refractivity contribution < 1.29 is 4.92 Å². The molecule has 1 rings (SSSR count). The topological polar surface area (TPSA) is 91.9 Å². The third-order valence-electron chi connectivity index (χ3n) is 1.55. The fourth-order valence-corrected chi connectivity index (χ4v) is 1.38. The van der Waals surface area contributed by atoms with Crippen LogP contribution in [0.4, 0.5) is 5.69 Å². The normalized spacial score (nSPS) is 9.21. The molecule has 1 aromatic rings. The molecule has 1 aromatic carbocycles. The van der Waals surface area contributed by atoms with Crippen molar-refractivity contribution in [2.24, 2.45) is 5.11 Å². The molecule has 0 fully saturated rings. The molecule has 72 valence electrons. The first-order chi connectivity index (χ1) is 6.65. The molecule has 0 aromatic heterocycles. The Balaban J connectivity index is 3.00. The van der Waals surface area contributed by atoms with Gasteiger partial charge in [-0.05, 0) is 11.1 Å². The van der Waals surface area contributed by atoms with Crippen molar-refractivity contribution in [3.05, 3.63) is 48.8 Å². The van der Waals surface area contributed by atoms with Gasteiger partial charge in [0.2, 0.25) is 0 Å². The molecule has 0 radical (unpaired) electrons. The largest absolute Gasteiger partial charge is 0.270 e. The first-order valence-electron chi connectivity index (χ1n) is 3.59. The monoisotopic (exact) mass is 256 g/mol. The van der Waals surface area contributed by atoms with Gasteiger partial charge in [0.05, 0.1) is 11.5 Å². The number of nitro benzene ring substituents is 1. The van der Waals surface area contributed by atoms with E-state index in [2.05, 4.69) is 26.0 Å². The summed E-state index contributed by atoms with van der Waals surface area (Å²) in [5, 5.41) is 13.7. The number of non-ortho nitro benzene ring substituents is 1. The average Bonchev–Trinajstić information content (AvgIpc) is 2.15. The van der Waals surface area contributed by atoms with Crippen molar-refractivity contribution in [2.45, 2.75) is 6.54 Å². The smallest absolute Gasteiger partial charge is 0.258 e. The van der Waals surface area contributed by atoms with E-state index in [0.717, 1.165) is 0 Å². The molecule has 14 heavy (non-hydrogen) atoms. The number of rotatable bonds is 3. The number of nitrogens with zero attached hydrogens (tertiary/aromatic N) is 4. The van der Waals surface area contributed by atoms with E-state index in [0.29, 0.717) is 10.0 Å². The van der Waals surface area contributed by atoms with E-state index in [1.165, 1.54) is 12.1 Å². The lowest BCUT2D eigenvalue weighted by atomic mass is 10.2. The highest BCUT2D eigenvalue weighted by atomic mass is 79.9. The van der Waals surface area contributed by atoms with Crippen LogP contribution in [0.1, 0.15) is 5.56 Å². The van der Waals surface area contributed by atoms with E-state index in [-0.39, 0.29) is 12.2 Å². The number of azide groups is 1. The number of hydrogen-bond donors (Lipinski definition) is 0. The number of hydrogen-bond acceptors (Lipinski definition) is 3. The van der Waals surface area contributed by atoms with Crippen LogP contribution in [0.25, 0.3) is 10.4 Å². The molecular weight excluding hydrogens is 252 g/mol. The van der Waals surface area contributed by atoms with Gasteiger partial charge < -0.3 is 0 Å². The van der Waals surface area contributed by atoms with Crippen molar-refractivity contribution >= 4 is 21.6 Å². The minimum atomic E-state index is -0.484. The minimum absolute atomic E-state index is 0.00145. The van der Waals surface area contributed by atoms with Crippen molar-refractivity contribution in [1.82, 2.24) is 0 Å². The highest BCUT2D eigenvalue weighted by molar-refractivity contribution is 9.10. The van der Waals surface area contributed by atoms with Gasteiger partial charge in [0.15, 0.2) is 0 Å². The lowest BCUT2D eigenvalue weighted by molar-refractivity contribution is -0.384. The zero-order valence-corrected chi connectivity index (χ0v) is 8.51.